The lowest BCUT2D eigenvalue weighted by Crippen LogP contribution is -2.61. The van der Waals surface area contributed by atoms with Crippen LogP contribution in [0.25, 0.3) is 99.7 Å². The van der Waals surface area contributed by atoms with Crippen LogP contribution in [0.4, 0.5) is 34.1 Å². The van der Waals surface area contributed by atoms with Gasteiger partial charge in [-0.05, 0) is 166 Å². The monoisotopic (exact) mass is 1050 g/mol. The van der Waals surface area contributed by atoms with E-state index < -0.39 is 0 Å². The van der Waals surface area contributed by atoms with Gasteiger partial charge in [-0.25, -0.2) is 4.98 Å². The Hall–Kier alpha value is -10.8. The zero-order valence-electron chi connectivity index (χ0n) is 45.4. The van der Waals surface area contributed by atoms with Gasteiger partial charge in [0.25, 0.3) is 6.71 Å². The summed E-state index contributed by atoms with van der Waals surface area (Å²) in [5.74, 6) is 0. The second-order valence-corrected chi connectivity index (χ2v) is 21.8. The van der Waals surface area contributed by atoms with Gasteiger partial charge in [-0.1, -0.05) is 243 Å². The van der Waals surface area contributed by atoms with Gasteiger partial charge in [-0.3, -0.25) is 0 Å². The highest BCUT2D eigenvalue weighted by atomic mass is 15.2. The number of benzene rings is 13. The summed E-state index contributed by atoms with van der Waals surface area (Å²) in [4.78, 5) is 10.6. The molecule has 0 spiro atoms. The molecule has 13 aromatic carbocycles. The first-order valence-corrected chi connectivity index (χ1v) is 28.6. The molecular weight excluding hydrogens is 1000 g/mol. The second-order valence-electron chi connectivity index (χ2n) is 21.8. The van der Waals surface area contributed by atoms with Crippen molar-refractivity contribution in [2.75, 3.05) is 9.80 Å². The van der Waals surface area contributed by atoms with Gasteiger partial charge in [0.15, 0.2) is 0 Å². The van der Waals surface area contributed by atoms with Crippen LogP contribution in [0.3, 0.4) is 0 Å². The Labute approximate surface area is 484 Å². The molecule has 0 fully saturated rings. The Morgan fingerprint density at radius 3 is 0.880 bits per heavy atom. The topological polar surface area (TPSA) is 19.4 Å². The van der Waals surface area contributed by atoms with Crippen LogP contribution in [-0.2, 0) is 0 Å². The van der Waals surface area contributed by atoms with Crippen LogP contribution >= 0.6 is 0 Å². The van der Waals surface area contributed by atoms with E-state index in [1.54, 1.807) is 0 Å². The SMILES string of the molecule is c1ccc(-c2cc(-c3ccccc3)cc(N3c4cc(-c5cc(-c6ccccc6)nc(-c6ccccc6)c5)cc5c4B(c4c3ccc3ccccc43)c3c(ccc4ccccc34)N5c3cc(-c4ccccc4)cc(-c4ccccc4)c3)c2)cc1. The quantitative estimate of drug-likeness (QED) is 0.134. The average Bonchev–Trinajstić information content (AvgIpc) is 1.14. The fraction of sp³-hybridized carbons (Fsp3) is 0. The van der Waals surface area contributed by atoms with E-state index in [9.17, 15) is 0 Å². The Bertz CT molecular complexity index is 4370. The maximum absolute atomic E-state index is 5.43. The summed E-state index contributed by atoms with van der Waals surface area (Å²) in [6, 6.07) is 116. The van der Waals surface area contributed by atoms with Gasteiger partial charge >= 0.3 is 0 Å². The third-order valence-corrected chi connectivity index (χ3v) is 16.9. The van der Waals surface area contributed by atoms with E-state index in [4.69, 9.17) is 4.98 Å². The molecule has 0 radical (unpaired) electrons. The highest BCUT2D eigenvalue weighted by Gasteiger charge is 2.45. The van der Waals surface area contributed by atoms with Crippen LogP contribution in [-0.4, -0.2) is 11.7 Å². The molecule has 3 nitrogen and oxygen atoms in total. The van der Waals surface area contributed by atoms with Crippen LogP contribution < -0.4 is 26.2 Å². The number of fused-ring (bicyclic) bond motifs is 8. The van der Waals surface area contributed by atoms with E-state index >= 15 is 0 Å². The number of aromatic nitrogens is 1. The minimum Gasteiger partial charge on any atom is -0.311 e. The normalized spacial score (nSPS) is 12.3. The molecule has 3 heterocycles. The summed E-state index contributed by atoms with van der Waals surface area (Å²) >= 11 is 0. The third-order valence-electron chi connectivity index (χ3n) is 16.9. The maximum Gasteiger partial charge on any atom is 0.253 e. The molecule has 0 N–H and O–H groups in total. The molecule has 2 aliphatic rings. The molecule has 0 saturated carbocycles. The second kappa shape index (κ2) is 20.1. The Kier molecular flexibility index (Phi) is 11.6. The van der Waals surface area contributed by atoms with Gasteiger partial charge in [0.2, 0.25) is 0 Å². The molecule has 386 valence electrons. The van der Waals surface area contributed by atoms with Gasteiger partial charge in [0.1, 0.15) is 0 Å². The lowest BCUT2D eigenvalue weighted by atomic mass is 9.32. The fourth-order valence-corrected chi connectivity index (χ4v) is 13.1. The maximum atomic E-state index is 5.43. The molecule has 14 aromatic rings. The smallest absolute Gasteiger partial charge is 0.253 e. The predicted octanol–water partition coefficient (Wildman–Crippen LogP) is 19.1. The highest BCUT2D eigenvalue weighted by molar-refractivity contribution is 7.03. The van der Waals surface area contributed by atoms with E-state index in [1.807, 2.05) is 0 Å². The minimum atomic E-state index is -0.169. The van der Waals surface area contributed by atoms with E-state index in [0.29, 0.717) is 0 Å². The van der Waals surface area contributed by atoms with Crippen molar-refractivity contribution in [3.8, 4) is 78.1 Å². The van der Waals surface area contributed by atoms with Gasteiger partial charge in [0, 0.05) is 45.3 Å². The number of hydrogen-bond acceptors (Lipinski definition) is 3. The first kappa shape index (κ1) is 48.1. The van der Waals surface area contributed by atoms with Crippen molar-refractivity contribution in [2.24, 2.45) is 0 Å². The number of nitrogens with zero attached hydrogens (tertiary/aromatic N) is 3. The molecule has 0 bridgehead atoms. The standard InChI is InChI=1S/C79H52BN3/c1-7-23-53(24-8-1)61-43-62(54-25-9-2-10-26-54)46-67(45-61)82-73-41-39-57-31-19-21-37-69(57)77(73)80-78-70-38-22-20-32-58(70)40-42-74(78)83(68-47-63(55-27-11-3-12-28-55)44-64(48-68)56-29-13-4-14-30-56)76-52-66(51-75(82)79(76)80)65-49-71(59-33-15-5-16-34-59)81-72(50-65)60-35-17-6-18-36-60/h1-52H. The van der Waals surface area contributed by atoms with Gasteiger partial charge in [0.05, 0.1) is 11.4 Å². The van der Waals surface area contributed by atoms with Crippen LogP contribution in [0, 0.1) is 0 Å². The number of hydrogen-bond donors (Lipinski definition) is 0. The zero-order valence-corrected chi connectivity index (χ0v) is 45.4. The molecule has 4 heteroatoms. The fourth-order valence-electron chi connectivity index (χ4n) is 13.1. The summed E-state index contributed by atoms with van der Waals surface area (Å²) in [7, 11) is 0. The van der Waals surface area contributed by atoms with Crippen molar-refractivity contribution >= 4 is 78.8 Å². The van der Waals surface area contributed by atoms with Crippen LogP contribution in [0.15, 0.2) is 315 Å². The summed E-state index contributed by atoms with van der Waals surface area (Å²) in [5.41, 5.74) is 25.9. The van der Waals surface area contributed by atoms with Crippen molar-refractivity contribution in [1.82, 2.24) is 4.98 Å². The summed E-state index contributed by atoms with van der Waals surface area (Å²) < 4.78 is 0. The first-order chi connectivity index (χ1) is 41.1. The van der Waals surface area contributed by atoms with Crippen molar-refractivity contribution in [3.05, 3.63) is 315 Å². The summed E-state index contributed by atoms with van der Waals surface area (Å²) in [6.45, 7) is -0.169. The van der Waals surface area contributed by atoms with Crippen LogP contribution in [0.1, 0.15) is 0 Å². The molecule has 16 rings (SSSR count). The first-order valence-electron chi connectivity index (χ1n) is 28.6. The van der Waals surface area contributed by atoms with Crippen LogP contribution in [0.2, 0.25) is 0 Å². The summed E-state index contributed by atoms with van der Waals surface area (Å²) in [6.07, 6.45) is 0. The molecule has 83 heavy (non-hydrogen) atoms. The van der Waals surface area contributed by atoms with E-state index in [-0.39, 0.29) is 6.71 Å². The zero-order chi connectivity index (χ0) is 54.8. The third kappa shape index (κ3) is 8.42. The molecular formula is C79H52BN3. The molecule has 0 aliphatic carbocycles. The van der Waals surface area contributed by atoms with Gasteiger partial charge < -0.3 is 9.80 Å². The van der Waals surface area contributed by atoms with E-state index in [2.05, 4.69) is 325 Å². The van der Waals surface area contributed by atoms with Gasteiger partial charge in [-0.2, -0.15) is 0 Å². The highest BCUT2D eigenvalue weighted by Crippen LogP contribution is 2.50. The largest absolute Gasteiger partial charge is 0.311 e. The van der Waals surface area contributed by atoms with Crippen molar-refractivity contribution in [1.29, 1.82) is 0 Å². The average molecular weight is 1050 g/mol. The van der Waals surface area contributed by atoms with Crippen molar-refractivity contribution in [3.63, 3.8) is 0 Å². The molecule has 2 aliphatic heterocycles. The Morgan fingerprint density at radius 2 is 0.518 bits per heavy atom. The van der Waals surface area contributed by atoms with Crippen molar-refractivity contribution in [2.45, 2.75) is 0 Å². The Balaban J connectivity index is 1.07. The lowest BCUT2D eigenvalue weighted by molar-refractivity contribution is 1.26. The summed E-state index contributed by atoms with van der Waals surface area (Å²) in [5, 5.41) is 4.90. The molecule has 0 unspecified atom stereocenters. The van der Waals surface area contributed by atoms with Gasteiger partial charge in [-0.15, -0.1) is 0 Å². The minimum absolute atomic E-state index is 0.169. The van der Waals surface area contributed by atoms with E-state index in [1.165, 1.54) is 37.9 Å². The molecule has 0 amide bonds. The number of rotatable bonds is 9. The Morgan fingerprint density at radius 1 is 0.217 bits per heavy atom. The van der Waals surface area contributed by atoms with Crippen molar-refractivity contribution < 1.29 is 0 Å². The lowest BCUT2D eigenvalue weighted by Gasteiger charge is -2.45. The van der Waals surface area contributed by atoms with Crippen LogP contribution in [0.5, 0.6) is 0 Å². The molecule has 1 aromatic heterocycles. The number of pyridine rings is 1. The predicted molar refractivity (Wildman–Crippen MR) is 351 cm³/mol. The molecule has 0 saturated heterocycles. The molecule has 0 atom stereocenters. The number of anilines is 6. The van der Waals surface area contributed by atoms with E-state index in [0.717, 1.165) is 112 Å².